The molecule has 4 nitrogen and oxygen atoms in total. The lowest BCUT2D eigenvalue weighted by molar-refractivity contribution is -0.143. The summed E-state index contributed by atoms with van der Waals surface area (Å²) < 4.78 is 0. The number of aliphatic hydroxyl groups is 1. The van der Waals surface area contributed by atoms with Gasteiger partial charge in [-0.1, -0.05) is 113 Å². The normalized spacial score (nSPS) is 19.8. The Balaban J connectivity index is 0.000000213. The SMILES string of the molecule is CCC1CCN(C(CC(C)C)C(=O)O)C1.OC1(CCCc2ccccc2)CCCCC1.c1ccccc1. The second-order valence-electron chi connectivity index (χ2n) is 11.3. The molecule has 2 aliphatic rings. The largest absolute Gasteiger partial charge is 0.480 e. The minimum Gasteiger partial charge on any atom is -0.480 e. The average molecular weight is 510 g/mol. The van der Waals surface area contributed by atoms with Crippen LogP contribution in [0.25, 0.3) is 0 Å². The lowest BCUT2D eigenvalue weighted by Gasteiger charge is -2.32. The Morgan fingerprint density at radius 1 is 0.973 bits per heavy atom. The summed E-state index contributed by atoms with van der Waals surface area (Å²) >= 11 is 0. The monoisotopic (exact) mass is 509 g/mol. The molecule has 2 fully saturated rings. The molecule has 1 saturated carbocycles. The van der Waals surface area contributed by atoms with E-state index in [2.05, 4.69) is 56.0 Å². The molecule has 206 valence electrons. The first-order valence-electron chi connectivity index (χ1n) is 14.6. The second-order valence-corrected chi connectivity index (χ2v) is 11.3. The summed E-state index contributed by atoms with van der Waals surface area (Å²) in [5, 5.41) is 19.5. The van der Waals surface area contributed by atoms with Crippen molar-refractivity contribution in [1.29, 1.82) is 0 Å². The smallest absolute Gasteiger partial charge is 0.320 e. The van der Waals surface area contributed by atoms with E-state index in [1.54, 1.807) is 0 Å². The summed E-state index contributed by atoms with van der Waals surface area (Å²) in [5.74, 6) is 0.506. The van der Waals surface area contributed by atoms with Gasteiger partial charge in [-0.15, -0.1) is 0 Å². The molecule has 4 heteroatoms. The molecule has 0 radical (unpaired) electrons. The van der Waals surface area contributed by atoms with Crippen molar-refractivity contribution in [2.45, 2.75) is 103 Å². The third-order valence-corrected chi connectivity index (χ3v) is 7.72. The molecule has 1 heterocycles. The van der Waals surface area contributed by atoms with Crippen LogP contribution in [0.1, 0.15) is 90.5 Å². The summed E-state index contributed by atoms with van der Waals surface area (Å²) in [5.41, 5.74) is 1.05. The van der Waals surface area contributed by atoms with Crippen LogP contribution in [0.3, 0.4) is 0 Å². The van der Waals surface area contributed by atoms with Crippen LogP contribution in [0.4, 0.5) is 0 Å². The van der Waals surface area contributed by atoms with E-state index >= 15 is 0 Å². The van der Waals surface area contributed by atoms with E-state index in [9.17, 15) is 15.0 Å². The van der Waals surface area contributed by atoms with Gasteiger partial charge in [-0.05, 0) is 68.9 Å². The molecule has 2 N–H and O–H groups in total. The van der Waals surface area contributed by atoms with Gasteiger partial charge in [-0.25, -0.2) is 0 Å². The zero-order valence-corrected chi connectivity index (χ0v) is 23.5. The van der Waals surface area contributed by atoms with Crippen LogP contribution in [0.15, 0.2) is 66.7 Å². The molecule has 0 amide bonds. The molecule has 1 aliphatic heterocycles. The van der Waals surface area contributed by atoms with Crippen molar-refractivity contribution >= 4 is 5.97 Å². The van der Waals surface area contributed by atoms with Crippen LogP contribution >= 0.6 is 0 Å². The lowest BCUT2D eigenvalue weighted by Crippen LogP contribution is -2.40. The number of nitrogens with zero attached hydrogens (tertiary/aromatic N) is 1. The minimum absolute atomic E-state index is 0.262. The van der Waals surface area contributed by atoms with E-state index in [0.717, 1.165) is 51.6 Å². The Labute approximate surface area is 226 Å². The highest BCUT2D eigenvalue weighted by Crippen LogP contribution is 2.32. The molecule has 2 atom stereocenters. The number of carbonyl (C=O) groups is 1. The molecule has 4 rings (SSSR count). The highest BCUT2D eigenvalue weighted by molar-refractivity contribution is 5.73. The third-order valence-electron chi connectivity index (χ3n) is 7.72. The Hall–Kier alpha value is -2.17. The van der Waals surface area contributed by atoms with Gasteiger partial charge in [-0.2, -0.15) is 0 Å². The van der Waals surface area contributed by atoms with Gasteiger partial charge in [0.15, 0.2) is 0 Å². The van der Waals surface area contributed by atoms with Gasteiger partial charge in [0.2, 0.25) is 0 Å². The first kappa shape index (κ1) is 31.1. The number of hydrogen-bond acceptors (Lipinski definition) is 3. The molecule has 2 aromatic carbocycles. The van der Waals surface area contributed by atoms with Gasteiger partial charge in [0.1, 0.15) is 6.04 Å². The zero-order valence-electron chi connectivity index (χ0n) is 23.5. The maximum Gasteiger partial charge on any atom is 0.320 e. The van der Waals surface area contributed by atoms with E-state index in [1.807, 2.05) is 36.4 Å². The molecule has 2 aromatic rings. The predicted octanol–water partition coefficient (Wildman–Crippen LogP) is 7.61. The van der Waals surface area contributed by atoms with Crippen molar-refractivity contribution in [2.75, 3.05) is 13.1 Å². The molecule has 37 heavy (non-hydrogen) atoms. The summed E-state index contributed by atoms with van der Waals surface area (Å²) in [4.78, 5) is 13.3. The van der Waals surface area contributed by atoms with E-state index in [-0.39, 0.29) is 11.6 Å². The van der Waals surface area contributed by atoms with Crippen LogP contribution in [-0.2, 0) is 11.2 Å². The Morgan fingerprint density at radius 3 is 2.03 bits per heavy atom. The average Bonchev–Trinajstić information content (AvgIpc) is 3.39. The molecule has 2 unspecified atom stereocenters. The number of aliphatic carboxylic acids is 1. The predicted molar refractivity (Wildman–Crippen MR) is 155 cm³/mol. The van der Waals surface area contributed by atoms with Gasteiger partial charge in [0, 0.05) is 6.54 Å². The van der Waals surface area contributed by atoms with E-state index in [4.69, 9.17) is 0 Å². The van der Waals surface area contributed by atoms with Crippen LogP contribution in [0, 0.1) is 11.8 Å². The van der Waals surface area contributed by atoms with Crippen LogP contribution in [0.5, 0.6) is 0 Å². The van der Waals surface area contributed by atoms with E-state index in [0.29, 0.717) is 11.8 Å². The Morgan fingerprint density at radius 2 is 1.54 bits per heavy atom. The summed E-state index contributed by atoms with van der Waals surface area (Å²) in [7, 11) is 0. The molecule has 1 aliphatic carbocycles. The summed E-state index contributed by atoms with van der Waals surface area (Å²) in [6, 6.07) is 22.3. The third kappa shape index (κ3) is 12.8. The van der Waals surface area contributed by atoms with E-state index < -0.39 is 5.97 Å². The quantitative estimate of drug-likeness (QED) is 0.365. The number of carboxylic acid groups (broad SMARTS) is 1. The molecule has 0 aromatic heterocycles. The standard InChI is InChI=1S/C15H22O.C12H23NO2.C6H6/c16-15(11-5-2-6-12-15)13-7-10-14-8-3-1-4-9-14;1-4-10-5-6-13(8-10)11(12(14)15)7-9(2)3;1-2-4-6-5-3-1/h1,3-4,8-9,16H,2,5-7,10-13H2;9-11H,4-8H2,1-3H3,(H,14,15);1-6H. The van der Waals surface area contributed by atoms with Gasteiger partial charge < -0.3 is 10.2 Å². The Kier molecular flexibility index (Phi) is 14.6. The van der Waals surface area contributed by atoms with Crippen molar-refractivity contribution < 1.29 is 15.0 Å². The fourth-order valence-electron chi connectivity index (χ4n) is 5.44. The number of aryl methyl sites for hydroxylation is 1. The fraction of sp³-hybridized carbons (Fsp3) is 0.606. The van der Waals surface area contributed by atoms with Crippen molar-refractivity contribution in [1.82, 2.24) is 4.90 Å². The second kappa shape index (κ2) is 17.4. The summed E-state index contributed by atoms with van der Waals surface area (Å²) in [6.45, 7) is 8.29. The molecule has 0 spiro atoms. The maximum absolute atomic E-state index is 11.2. The minimum atomic E-state index is -0.652. The first-order chi connectivity index (χ1) is 17.8. The van der Waals surface area contributed by atoms with Crippen molar-refractivity contribution in [3.8, 4) is 0 Å². The number of hydrogen-bond donors (Lipinski definition) is 2. The summed E-state index contributed by atoms with van der Waals surface area (Å²) in [6.07, 6.45) is 12.1. The van der Waals surface area contributed by atoms with Crippen LogP contribution in [0.2, 0.25) is 0 Å². The Bertz CT molecular complexity index is 806. The topological polar surface area (TPSA) is 60.8 Å². The first-order valence-corrected chi connectivity index (χ1v) is 14.6. The zero-order chi connectivity index (χ0) is 26.9. The van der Waals surface area contributed by atoms with Crippen LogP contribution < -0.4 is 0 Å². The molecular weight excluding hydrogens is 458 g/mol. The number of likely N-dealkylation sites (tertiary alicyclic amines) is 1. The number of carboxylic acids is 1. The number of benzene rings is 2. The van der Waals surface area contributed by atoms with Crippen molar-refractivity contribution in [2.24, 2.45) is 11.8 Å². The molecular formula is C33H51NO3. The molecule has 0 bridgehead atoms. The molecule has 1 saturated heterocycles. The van der Waals surface area contributed by atoms with Crippen molar-refractivity contribution in [3.63, 3.8) is 0 Å². The fourth-order valence-corrected chi connectivity index (χ4v) is 5.44. The van der Waals surface area contributed by atoms with E-state index in [1.165, 1.54) is 37.7 Å². The highest BCUT2D eigenvalue weighted by atomic mass is 16.4. The van der Waals surface area contributed by atoms with Gasteiger partial charge in [0.05, 0.1) is 5.60 Å². The van der Waals surface area contributed by atoms with Gasteiger partial charge >= 0.3 is 5.97 Å². The number of rotatable bonds is 9. The van der Waals surface area contributed by atoms with Gasteiger partial charge in [-0.3, -0.25) is 9.69 Å². The van der Waals surface area contributed by atoms with Gasteiger partial charge in [0.25, 0.3) is 0 Å². The highest BCUT2D eigenvalue weighted by Gasteiger charge is 2.32. The van der Waals surface area contributed by atoms with Crippen molar-refractivity contribution in [3.05, 3.63) is 72.3 Å². The van der Waals surface area contributed by atoms with Crippen LogP contribution in [-0.4, -0.2) is 45.8 Å². The lowest BCUT2D eigenvalue weighted by atomic mass is 9.81. The maximum atomic E-state index is 11.2.